The minimum absolute atomic E-state index is 0.0177. The van der Waals surface area contributed by atoms with Gasteiger partial charge in [0, 0.05) is 11.4 Å². The van der Waals surface area contributed by atoms with Gasteiger partial charge in [-0.25, -0.2) is 4.79 Å². The molecule has 1 aromatic carbocycles. The molecule has 1 fully saturated rings. The Kier molecular flexibility index (Phi) is 4.74. The van der Waals surface area contributed by atoms with E-state index in [0.29, 0.717) is 11.4 Å². The van der Waals surface area contributed by atoms with Gasteiger partial charge in [0.25, 0.3) is 0 Å². The molecule has 2 aliphatic carbocycles. The third-order valence-corrected chi connectivity index (χ3v) is 4.72. The number of hydrogen-bond acceptors (Lipinski definition) is 4. The summed E-state index contributed by atoms with van der Waals surface area (Å²) in [5, 5.41) is 14.8. The third kappa shape index (κ3) is 3.50. The number of hydrogen-bond donors (Lipinski definition) is 3. The van der Waals surface area contributed by atoms with Crippen LogP contribution in [0.15, 0.2) is 36.4 Å². The van der Waals surface area contributed by atoms with Crippen LogP contribution in [0.1, 0.15) is 13.3 Å². The topological polar surface area (TPSA) is 105 Å². The first-order valence-electron chi connectivity index (χ1n) is 8.25. The molecule has 1 saturated carbocycles. The largest absolute Gasteiger partial charge is 0.481 e. The summed E-state index contributed by atoms with van der Waals surface area (Å²) in [7, 11) is 0. The number of nitrogens with one attached hydrogen (secondary N) is 2. The molecule has 2 aliphatic rings. The van der Waals surface area contributed by atoms with Gasteiger partial charge in [0.1, 0.15) is 0 Å². The minimum Gasteiger partial charge on any atom is -0.481 e. The van der Waals surface area contributed by atoms with Crippen LogP contribution in [0.5, 0.6) is 0 Å². The summed E-state index contributed by atoms with van der Waals surface area (Å²) in [4.78, 5) is 35.4. The molecular weight excluding hydrogens is 324 g/mol. The first-order chi connectivity index (χ1) is 12.0. The lowest BCUT2D eigenvalue weighted by Crippen LogP contribution is -2.36. The van der Waals surface area contributed by atoms with E-state index in [1.54, 1.807) is 31.2 Å². The van der Waals surface area contributed by atoms with Gasteiger partial charge in [0.15, 0.2) is 0 Å². The van der Waals surface area contributed by atoms with E-state index >= 15 is 0 Å². The van der Waals surface area contributed by atoms with E-state index in [9.17, 15) is 19.5 Å². The molecule has 25 heavy (non-hydrogen) atoms. The highest BCUT2D eigenvalue weighted by molar-refractivity contribution is 5.96. The predicted octanol–water partition coefficient (Wildman–Crippen LogP) is 2.72. The number of ether oxygens (including phenoxy) is 1. The summed E-state index contributed by atoms with van der Waals surface area (Å²) in [6, 6.07) is 6.58. The first-order valence-corrected chi connectivity index (χ1v) is 8.25. The number of carbonyl (C=O) groups is 3. The number of rotatable bonds is 5. The molecule has 0 unspecified atom stereocenters. The highest BCUT2D eigenvalue weighted by atomic mass is 16.5. The van der Waals surface area contributed by atoms with E-state index < -0.39 is 23.9 Å². The molecule has 3 N–H and O–H groups in total. The second-order valence-corrected chi connectivity index (χ2v) is 6.25. The summed E-state index contributed by atoms with van der Waals surface area (Å²) in [6.45, 7) is 2.00. The maximum Gasteiger partial charge on any atom is 0.411 e. The molecule has 2 amide bonds. The number of allylic oxidation sites excluding steroid dienone is 2. The molecule has 0 saturated heterocycles. The van der Waals surface area contributed by atoms with Gasteiger partial charge < -0.3 is 15.2 Å². The maximum atomic E-state index is 12.6. The average molecular weight is 344 g/mol. The summed E-state index contributed by atoms with van der Waals surface area (Å²) < 4.78 is 4.79. The van der Waals surface area contributed by atoms with Gasteiger partial charge in [-0.1, -0.05) is 12.2 Å². The van der Waals surface area contributed by atoms with Gasteiger partial charge in [0.05, 0.1) is 18.4 Å². The number of benzene rings is 1. The van der Waals surface area contributed by atoms with Gasteiger partial charge in [-0.3, -0.25) is 14.9 Å². The molecule has 0 spiro atoms. The summed E-state index contributed by atoms with van der Waals surface area (Å²) in [5.74, 6) is -2.50. The van der Waals surface area contributed by atoms with Crippen molar-refractivity contribution in [1.29, 1.82) is 0 Å². The molecule has 0 aromatic heterocycles. The lowest BCUT2D eigenvalue weighted by Gasteiger charge is -2.23. The number of fused-ring (bicyclic) bond motifs is 2. The lowest BCUT2D eigenvalue weighted by atomic mass is 9.82. The zero-order valence-electron chi connectivity index (χ0n) is 13.8. The quantitative estimate of drug-likeness (QED) is 0.712. The molecule has 0 radical (unpaired) electrons. The Morgan fingerprint density at radius 2 is 1.60 bits per heavy atom. The van der Waals surface area contributed by atoms with Crippen molar-refractivity contribution in [2.75, 3.05) is 17.2 Å². The Bertz CT molecular complexity index is 713. The number of carboxylic acid groups (broad SMARTS) is 1. The van der Waals surface area contributed by atoms with E-state index in [-0.39, 0.29) is 24.3 Å². The lowest BCUT2D eigenvalue weighted by molar-refractivity contribution is -0.146. The SMILES string of the molecule is CCOC(=O)Nc1ccc(NC(=O)[C@@H]2[C@H](C(=O)O)[C@H]3C=C[C@H]2C3)cc1. The van der Waals surface area contributed by atoms with Gasteiger partial charge in [0.2, 0.25) is 5.91 Å². The second-order valence-electron chi connectivity index (χ2n) is 6.25. The Labute approximate surface area is 145 Å². The Morgan fingerprint density at radius 1 is 1.04 bits per heavy atom. The Morgan fingerprint density at radius 3 is 2.16 bits per heavy atom. The average Bonchev–Trinajstić information content (AvgIpc) is 3.18. The van der Waals surface area contributed by atoms with Crippen molar-refractivity contribution < 1.29 is 24.2 Å². The fourth-order valence-electron chi connectivity index (χ4n) is 3.66. The molecular formula is C18H20N2O5. The fourth-order valence-corrected chi connectivity index (χ4v) is 3.66. The van der Waals surface area contributed by atoms with Gasteiger partial charge in [-0.15, -0.1) is 0 Å². The van der Waals surface area contributed by atoms with E-state index in [4.69, 9.17) is 4.74 Å². The van der Waals surface area contributed by atoms with Crippen LogP contribution in [0.25, 0.3) is 0 Å². The van der Waals surface area contributed by atoms with Crippen molar-refractivity contribution in [3.8, 4) is 0 Å². The van der Waals surface area contributed by atoms with Crippen LogP contribution in [-0.2, 0) is 14.3 Å². The zero-order valence-corrected chi connectivity index (χ0v) is 13.8. The smallest absolute Gasteiger partial charge is 0.411 e. The normalized spacial score (nSPS) is 26.3. The van der Waals surface area contributed by atoms with E-state index in [2.05, 4.69) is 10.6 Å². The van der Waals surface area contributed by atoms with Crippen LogP contribution >= 0.6 is 0 Å². The van der Waals surface area contributed by atoms with Gasteiger partial charge >= 0.3 is 12.1 Å². The van der Waals surface area contributed by atoms with Gasteiger partial charge in [-0.05, 0) is 49.4 Å². The van der Waals surface area contributed by atoms with Crippen LogP contribution in [0.3, 0.4) is 0 Å². The van der Waals surface area contributed by atoms with Crippen molar-refractivity contribution in [2.24, 2.45) is 23.7 Å². The van der Waals surface area contributed by atoms with Crippen molar-refractivity contribution in [3.63, 3.8) is 0 Å². The highest BCUT2D eigenvalue weighted by Gasteiger charge is 2.51. The fraction of sp³-hybridized carbons (Fsp3) is 0.389. The Hall–Kier alpha value is -2.83. The number of anilines is 2. The highest BCUT2D eigenvalue weighted by Crippen LogP contribution is 2.48. The molecule has 7 nitrogen and oxygen atoms in total. The van der Waals surface area contributed by atoms with Crippen LogP contribution in [0.4, 0.5) is 16.2 Å². The number of aliphatic carboxylic acids is 1. The summed E-state index contributed by atoms with van der Waals surface area (Å²) >= 11 is 0. The third-order valence-electron chi connectivity index (χ3n) is 4.72. The van der Waals surface area contributed by atoms with Crippen LogP contribution < -0.4 is 10.6 Å². The standard InChI is InChI=1S/C18H20N2O5/c1-2-25-18(24)20-13-7-5-12(6-8-13)19-16(21)14-10-3-4-11(9-10)15(14)17(22)23/h3-8,10-11,14-15H,2,9H2,1H3,(H,19,21)(H,20,24)(H,22,23)/t10-,11-,14-,15+/m0/s1. The maximum absolute atomic E-state index is 12.6. The molecule has 2 bridgehead atoms. The molecule has 4 atom stereocenters. The molecule has 7 heteroatoms. The molecule has 0 heterocycles. The number of carboxylic acids is 1. The van der Waals surface area contributed by atoms with Crippen LogP contribution in [0.2, 0.25) is 0 Å². The molecule has 1 aromatic rings. The van der Waals surface area contributed by atoms with Crippen LogP contribution in [0, 0.1) is 23.7 Å². The predicted molar refractivity (Wildman–Crippen MR) is 91.1 cm³/mol. The van der Waals surface area contributed by atoms with Crippen LogP contribution in [-0.4, -0.2) is 29.7 Å². The van der Waals surface area contributed by atoms with Gasteiger partial charge in [-0.2, -0.15) is 0 Å². The molecule has 132 valence electrons. The number of amides is 2. The Balaban J connectivity index is 1.64. The van der Waals surface area contributed by atoms with E-state index in [0.717, 1.165) is 6.42 Å². The minimum atomic E-state index is -0.925. The molecule has 0 aliphatic heterocycles. The monoisotopic (exact) mass is 344 g/mol. The van der Waals surface area contributed by atoms with E-state index in [1.165, 1.54) is 0 Å². The van der Waals surface area contributed by atoms with E-state index in [1.807, 2.05) is 12.2 Å². The first kappa shape index (κ1) is 17.0. The summed E-state index contributed by atoms with van der Waals surface area (Å²) in [5.41, 5.74) is 1.10. The second kappa shape index (κ2) is 6.96. The number of carbonyl (C=O) groups excluding carboxylic acids is 2. The van der Waals surface area contributed by atoms with Crippen molar-refractivity contribution in [2.45, 2.75) is 13.3 Å². The van der Waals surface area contributed by atoms with Crippen molar-refractivity contribution >= 4 is 29.3 Å². The van der Waals surface area contributed by atoms with Crippen molar-refractivity contribution in [3.05, 3.63) is 36.4 Å². The zero-order chi connectivity index (χ0) is 18.0. The molecule has 3 rings (SSSR count). The summed E-state index contributed by atoms with van der Waals surface area (Å²) in [6.07, 6.45) is 4.03. The van der Waals surface area contributed by atoms with Crippen molar-refractivity contribution in [1.82, 2.24) is 0 Å².